The van der Waals surface area contributed by atoms with Crippen molar-refractivity contribution >= 4 is 15.9 Å². The molecule has 1 unspecified atom stereocenters. The average Bonchev–Trinajstić information content (AvgIpc) is 2.44. The highest BCUT2D eigenvalue weighted by atomic mass is 79.9. The minimum atomic E-state index is -0.534. The predicted molar refractivity (Wildman–Crippen MR) is 80.7 cm³/mol. The number of aryl methyl sites for hydroxylation is 1. The molecule has 2 aromatic carbocycles. The van der Waals surface area contributed by atoms with Gasteiger partial charge in [-0.2, -0.15) is 0 Å². The lowest BCUT2D eigenvalue weighted by molar-refractivity contribution is 0.541. The fraction of sp³-hybridized carbons (Fsp3) is 0.250. The van der Waals surface area contributed by atoms with Gasteiger partial charge in [-0.1, -0.05) is 19.1 Å². The monoisotopic (exact) mass is 357 g/mol. The Kier molecular flexibility index (Phi) is 5.06. The summed E-state index contributed by atoms with van der Waals surface area (Å²) >= 11 is 2.96. The molecule has 0 saturated carbocycles. The van der Waals surface area contributed by atoms with Crippen LogP contribution in [-0.2, 0) is 0 Å². The van der Waals surface area contributed by atoms with Gasteiger partial charge in [0.1, 0.15) is 17.5 Å². The molecule has 1 N–H and O–H groups in total. The van der Waals surface area contributed by atoms with Crippen LogP contribution in [0.2, 0.25) is 0 Å². The van der Waals surface area contributed by atoms with Gasteiger partial charge >= 0.3 is 0 Å². The largest absolute Gasteiger partial charge is 0.306 e. The van der Waals surface area contributed by atoms with Crippen molar-refractivity contribution in [2.24, 2.45) is 0 Å². The minimum absolute atomic E-state index is 0.0780. The Morgan fingerprint density at radius 3 is 2.38 bits per heavy atom. The molecule has 0 aliphatic carbocycles. The highest BCUT2D eigenvalue weighted by Crippen LogP contribution is 2.29. The van der Waals surface area contributed by atoms with E-state index >= 15 is 0 Å². The SMILES string of the molecule is CCNC(c1ccc(F)c(C)c1)c1cc(F)c(Br)cc1F. The van der Waals surface area contributed by atoms with Crippen LogP contribution in [0.3, 0.4) is 0 Å². The van der Waals surface area contributed by atoms with E-state index in [1.807, 2.05) is 6.92 Å². The number of hydrogen-bond acceptors (Lipinski definition) is 1. The van der Waals surface area contributed by atoms with Crippen LogP contribution in [0.25, 0.3) is 0 Å². The topological polar surface area (TPSA) is 12.0 Å². The molecule has 1 atom stereocenters. The van der Waals surface area contributed by atoms with Gasteiger partial charge in [0.05, 0.1) is 10.5 Å². The molecule has 0 radical (unpaired) electrons. The van der Waals surface area contributed by atoms with Crippen LogP contribution >= 0.6 is 15.9 Å². The van der Waals surface area contributed by atoms with Crippen LogP contribution < -0.4 is 5.32 Å². The van der Waals surface area contributed by atoms with Crippen molar-refractivity contribution in [1.82, 2.24) is 5.32 Å². The second-order valence-electron chi connectivity index (χ2n) is 4.79. The maximum absolute atomic E-state index is 14.2. The Morgan fingerprint density at radius 1 is 1.05 bits per heavy atom. The molecule has 0 bridgehead atoms. The van der Waals surface area contributed by atoms with Crippen molar-refractivity contribution in [3.63, 3.8) is 0 Å². The summed E-state index contributed by atoms with van der Waals surface area (Å²) in [5, 5.41) is 3.10. The maximum Gasteiger partial charge on any atom is 0.137 e. The van der Waals surface area contributed by atoms with E-state index in [4.69, 9.17) is 0 Å². The van der Waals surface area contributed by atoms with Gasteiger partial charge in [0.25, 0.3) is 0 Å². The summed E-state index contributed by atoms with van der Waals surface area (Å²) < 4.78 is 41.3. The Hall–Kier alpha value is -1.33. The molecule has 2 aromatic rings. The van der Waals surface area contributed by atoms with Gasteiger partial charge in [-0.25, -0.2) is 13.2 Å². The van der Waals surface area contributed by atoms with Gasteiger partial charge in [-0.15, -0.1) is 0 Å². The van der Waals surface area contributed by atoms with Crippen molar-refractivity contribution in [3.05, 3.63) is 68.9 Å². The first kappa shape index (κ1) is 16.0. The molecule has 5 heteroatoms. The number of halogens is 4. The minimum Gasteiger partial charge on any atom is -0.306 e. The van der Waals surface area contributed by atoms with Gasteiger partial charge in [0.2, 0.25) is 0 Å². The second-order valence-corrected chi connectivity index (χ2v) is 5.64. The van der Waals surface area contributed by atoms with Crippen molar-refractivity contribution in [2.45, 2.75) is 19.9 Å². The molecule has 0 spiro atoms. The summed E-state index contributed by atoms with van der Waals surface area (Å²) in [6, 6.07) is 6.28. The third kappa shape index (κ3) is 3.47. The standard InChI is InChI=1S/C16H15BrF3N/c1-3-21-16(10-4-5-13(18)9(2)6-10)11-7-15(20)12(17)8-14(11)19/h4-8,16,21H,3H2,1-2H3. The van der Waals surface area contributed by atoms with Gasteiger partial charge in [-0.3, -0.25) is 0 Å². The van der Waals surface area contributed by atoms with Crippen molar-refractivity contribution in [2.75, 3.05) is 6.54 Å². The number of benzene rings is 2. The highest BCUT2D eigenvalue weighted by molar-refractivity contribution is 9.10. The molecule has 0 heterocycles. The van der Waals surface area contributed by atoms with E-state index < -0.39 is 17.7 Å². The van der Waals surface area contributed by atoms with Crippen molar-refractivity contribution in [1.29, 1.82) is 0 Å². The quantitative estimate of drug-likeness (QED) is 0.769. The van der Waals surface area contributed by atoms with E-state index in [1.54, 1.807) is 19.1 Å². The summed E-state index contributed by atoms with van der Waals surface area (Å²) in [7, 11) is 0. The third-order valence-corrected chi connectivity index (χ3v) is 3.88. The van der Waals surface area contributed by atoms with Crippen LogP contribution in [0, 0.1) is 24.4 Å². The summed E-state index contributed by atoms with van der Waals surface area (Å²) in [5.74, 6) is -1.37. The van der Waals surface area contributed by atoms with E-state index in [1.165, 1.54) is 6.07 Å². The molecule has 0 saturated heterocycles. The molecule has 0 amide bonds. The average molecular weight is 358 g/mol. The lowest BCUT2D eigenvalue weighted by Crippen LogP contribution is -2.23. The highest BCUT2D eigenvalue weighted by Gasteiger charge is 2.20. The Morgan fingerprint density at radius 2 is 1.76 bits per heavy atom. The first-order valence-corrected chi connectivity index (χ1v) is 7.37. The van der Waals surface area contributed by atoms with E-state index in [0.29, 0.717) is 17.7 Å². The predicted octanol–water partition coefficient (Wildman–Crippen LogP) is 4.87. The molecule has 0 aromatic heterocycles. The zero-order valence-electron chi connectivity index (χ0n) is 11.7. The Balaban J connectivity index is 2.52. The smallest absolute Gasteiger partial charge is 0.137 e. The van der Waals surface area contributed by atoms with Crippen molar-refractivity contribution in [3.8, 4) is 0 Å². The fourth-order valence-corrected chi connectivity index (χ4v) is 2.53. The van der Waals surface area contributed by atoms with E-state index in [2.05, 4.69) is 21.2 Å². The molecular weight excluding hydrogens is 343 g/mol. The zero-order chi connectivity index (χ0) is 15.6. The van der Waals surface area contributed by atoms with Crippen LogP contribution in [0.5, 0.6) is 0 Å². The molecule has 2 rings (SSSR count). The third-order valence-electron chi connectivity index (χ3n) is 3.27. The van der Waals surface area contributed by atoms with Crippen LogP contribution in [0.15, 0.2) is 34.8 Å². The van der Waals surface area contributed by atoms with Crippen LogP contribution in [-0.4, -0.2) is 6.54 Å². The van der Waals surface area contributed by atoms with Crippen LogP contribution in [0.4, 0.5) is 13.2 Å². The van der Waals surface area contributed by atoms with Gasteiger partial charge < -0.3 is 5.32 Å². The maximum atomic E-state index is 14.2. The molecule has 112 valence electrons. The molecule has 0 aliphatic rings. The Bertz CT molecular complexity index is 658. The summed E-state index contributed by atoms with van der Waals surface area (Å²) in [6.07, 6.45) is 0. The van der Waals surface area contributed by atoms with E-state index in [-0.39, 0.29) is 15.9 Å². The number of nitrogens with one attached hydrogen (secondary N) is 1. The normalized spacial score (nSPS) is 12.5. The summed E-state index contributed by atoms with van der Waals surface area (Å²) in [4.78, 5) is 0. The molecule has 1 nitrogen and oxygen atoms in total. The van der Waals surface area contributed by atoms with Crippen LogP contribution in [0.1, 0.15) is 29.7 Å². The van der Waals surface area contributed by atoms with Crippen molar-refractivity contribution < 1.29 is 13.2 Å². The molecule has 21 heavy (non-hydrogen) atoms. The summed E-state index contributed by atoms with van der Waals surface area (Å²) in [6.45, 7) is 4.08. The van der Waals surface area contributed by atoms with E-state index in [0.717, 1.165) is 12.1 Å². The first-order chi connectivity index (χ1) is 9.93. The molecular formula is C16H15BrF3N. The Labute approximate surface area is 130 Å². The fourth-order valence-electron chi connectivity index (χ4n) is 2.22. The lowest BCUT2D eigenvalue weighted by Gasteiger charge is -2.20. The van der Waals surface area contributed by atoms with Gasteiger partial charge in [-0.05, 0) is 58.7 Å². The molecule has 0 fully saturated rings. The van der Waals surface area contributed by atoms with Gasteiger partial charge in [0.15, 0.2) is 0 Å². The lowest BCUT2D eigenvalue weighted by atomic mass is 9.96. The number of hydrogen-bond donors (Lipinski definition) is 1. The van der Waals surface area contributed by atoms with E-state index in [9.17, 15) is 13.2 Å². The molecule has 0 aliphatic heterocycles. The second kappa shape index (κ2) is 6.62. The number of rotatable bonds is 4. The van der Waals surface area contributed by atoms with Gasteiger partial charge in [0, 0.05) is 5.56 Å². The zero-order valence-corrected chi connectivity index (χ0v) is 13.3. The summed E-state index contributed by atoms with van der Waals surface area (Å²) in [5.41, 5.74) is 1.35. The first-order valence-electron chi connectivity index (χ1n) is 6.58.